The number of pyridine rings is 2. The highest BCUT2D eigenvalue weighted by molar-refractivity contribution is 6.03. The van der Waals surface area contributed by atoms with Crippen LogP contribution in [0.25, 0.3) is 22.3 Å². The summed E-state index contributed by atoms with van der Waals surface area (Å²) in [6.45, 7) is 5.92. The minimum absolute atomic E-state index is 0.0708. The van der Waals surface area contributed by atoms with E-state index in [-0.39, 0.29) is 66.3 Å². The van der Waals surface area contributed by atoms with E-state index in [2.05, 4.69) is 0 Å². The molecule has 0 bridgehead atoms. The Morgan fingerprint density at radius 2 is 1.91 bits per heavy atom. The normalized spacial score (nSPS) is 20.5. The van der Waals surface area contributed by atoms with Gasteiger partial charge in [0.2, 0.25) is 11.8 Å². The van der Waals surface area contributed by atoms with Crippen molar-refractivity contribution < 1.29 is 33.8 Å². The zero-order valence-electron chi connectivity index (χ0n) is 25.1. The van der Waals surface area contributed by atoms with Gasteiger partial charge in [-0.05, 0) is 55.5 Å². The summed E-state index contributed by atoms with van der Waals surface area (Å²) < 4.78 is 12.4. The molecule has 0 saturated carbocycles. The van der Waals surface area contributed by atoms with Gasteiger partial charge in [-0.3, -0.25) is 24.1 Å². The molecule has 2 aromatic heterocycles. The lowest BCUT2D eigenvalue weighted by atomic mass is 9.86. The van der Waals surface area contributed by atoms with Crippen molar-refractivity contribution in [2.45, 2.75) is 84.5 Å². The van der Waals surface area contributed by atoms with Crippen molar-refractivity contribution in [3.8, 4) is 17.1 Å². The Balaban J connectivity index is 1.19. The smallest absolute Gasteiger partial charge is 0.343 e. The van der Waals surface area contributed by atoms with Crippen LogP contribution in [0.5, 0.6) is 5.75 Å². The number of amides is 2. The van der Waals surface area contributed by atoms with Crippen LogP contribution in [0.2, 0.25) is 0 Å². The number of hydrogen-bond acceptors (Lipinski definition) is 9. The summed E-state index contributed by atoms with van der Waals surface area (Å²) >= 11 is 0. The average molecular weight is 602 g/mol. The molecule has 3 aromatic rings. The van der Waals surface area contributed by atoms with Crippen molar-refractivity contribution in [3.63, 3.8) is 0 Å². The number of aliphatic hydroxyl groups is 1. The summed E-state index contributed by atoms with van der Waals surface area (Å²) in [7, 11) is 0. The van der Waals surface area contributed by atoms with Gasteiger partial charge < -0.3 is 19.1 Å². The number of carbonyl (C=O) groups is 4. The SMILES string of the molecule is CCc1c2c(nc3ccc(OC(=O)CCCCCN4C(=O)CC(C)C4=O)cc13)-c1cc3c(c(=O)n1C2)COC(=O)[C@]3(O)CC. The van der Waals surface area contributed by atoms with E-state index in [1.54, 1.807) is 42.7 Å². The molecule has 0 spiro atoms. The van der Waals surface area contributed by atoms with Crippen LogP contribution in [0.4, 0.5) is 0 Å². The number of likely N-dealkylation sites (tertiary alicyclic amines) is 1. The Kier molecular flexibility index (Phi) is 7.61. The van der Waals surface area contributed by atoms with E-state index < -0.39 is 11.6 Å². The van der Waals surface area contributed by atoms with Gasteiger partial charge in [0.05, 0.1) is 29.0 Å². The van der Waals surface area contributed by atoms with E-state index in [1.807, 2.05) is 6.92 Å². The molecule has 2 amide bonds. The van der Waals surface area contributed by atoms with E-state index in [0.29, 0.717) is 61.4 Å². The van der Waals surface area contributed by atoms with Gasteiger partial charge in [0.25, 0.3) is 5.56 Å². The Labute approximate surface area is 253 Å². The summed E-state index contributed by atoms with van der Waals surface area (Å²) in [5.41, 5.74) is 2.04. The predicted octanol–water partition coefficient (Wildman–Crippen LogP) is 3.50. The number of benzene rings is 1. The van der Waals surface area contributed by atoms with Crippen molar-refractivity contribution >= 4 is 34.7 Å². The summed E-state index contributed by atoms with van der Waals surface area (Å²) in [5, 5.41) is 11.9. The lowest BCUT2D eigenvalue weighted by molar-refractivity contribution is -0.172. The van der Waals surface area contributed by atoms with Gasteiger partial charge >= 0.3 is 11.9 Å². The Bertz CT molecular complexity index is 1790. The van der Waals surface area contributed by atoms with E-state index in [9.17, 15) is 29.1 Å². The first-order valence-corrected chi connectivity index (χ1v) is 15.2. The van der Waals surface area contributed by atoms with Crippen LogP contribution in [0.1, 0.15) is 81.5 Å². The molecular formula is C33H35N3O8. The molecule has 0 aliphatic carbocycles. The van der Waals surface area contributed by atoms with Gasteiger partial charge in [-0.15, -0.1) is 0 Å². The van der Waals surface area contributed by atoms with E-state index >= 15 is 0 Å². The summed E-state index contributed by atoms with van der Waals surface area (Å²) in [6.07, 6.45) is 3.09. The van der Waals surface area contributed by atoms with E-state index in [1.165, 1.54) is 4.90 Å². The van der Waals surface area contributed by atoms with Crippen LogP contribution >= 0.6 is 0 Å². The number of fused-ring (bicyclic) bond motifs is 5. The second-order valence-electron chi connectivity index (χ2n) is 11.8. The molecule has 1 fully saturated rings. The molecule has 44 heavy (non-hydrogen) atoms. The predicted molar refractivity (Wildman–Crippen MR) is 159 cm³/mol. The molecule has 1 saturated heterocycles. The van der Waals surface area contributed by atoms with Gasteiger partial charge in [-0.1, -0.05) is 27.2 Å². The standard InChI is InChI=1S/C33H35N3O8/c1-4-20-21-14-19(44-28(38)9-7-6-8-12-35-27(37)13-18(3)30(35)39)10-11-25(21)34-29-22(20)16-36-26(29)15-24-23(31(36)40)17-43-32(41)33(24,42)5-2/h10-11,14-15,18,42H,4-9,12-13,16-17H2,1-3H3/t18?,33-/m0/s1. The maximum absolute atomic E-state index is 13.5. The molecule has 0 radical (unpaired) electrons. The van der Waals surface area contributed by atoms with Crippen LogP contribution in [0, 0.1) is 5.92 Å². The Morgan fingerprint density at radius 3 is 2.61 bits per heavy atom. The van der Waals surface area contributed by atoms with Crippen LogP contribution in [-0.4, -0.2) is 49.9 Å². The van der Waals surface area contributed by atoms with Gasteiger partial charge in [-0.25, -0.2) is 9.78 Å². The third kappa shape index (κ3) is 4.79. The van der Waals surface area contributed by atoms with Crippen LogP contribution < -0.4 is 10.3 Å². The third-order valence-corrected chi connectivity index (χ3v) is 9.09. The van der Waals surface area contributed by atoms with E-state index in [4.69, 9.17) is 14.5 Å². The molecule has 6 rings (SSSR count). The summed E-state index contributed by atoms with van der Waals surface area (Å²) in [5.74, 6) is -1.24. The number of carbonyl (C=O) groups excluding carboxylic acids is 4. The quantitative estimate of drug-likeness (QED) is 0.132. The molecule has 230 valence electrons. The maximum atomic E-state index is 13.5. The molecular weight excluding hydrogens is 566 g/mol. The van der Waals surface area contributed by atoms with Crippen molar-refractivity contribution in [2.75, 3.05) is 6.54 Å². The number of imide groups is 1. The number of aromatic nitrogens is 2. The highest BCUT2D eigenvalue weighted by Crippen LogP contribution is 2.40. The molecule has 1 unspecified atom stereocenters. The monoisotopic (exact) mass is 601 g/mol. The van der Waals surface area contributed by atoms with Crippen molar-refractivity contribution in [3.05, 3.63) is 56.9 Å². The lowest BCUT2D eigenvalue weighted by Gasteiger charge is -2.31. The molecule has 1 N–H and O–H groups in total. The first kappa shape index (κ1) is 29.7. The fraction of sp³-hybridized carbons (Fsp3) is 0.455. The lowest BCUT2D eigenvalue weighted by Crippen LogP contribution is -2.44. The number of unbranched alkanes of at least 4 members (excludes halogenated alkanes) is 2. The topological polar surface area (TPSA) is 145 Å². The highest BCUT2D eigenvalue weighted by atomic mass is 16.6. The molecule has 3 aliphatic heterocycles. The summed E-state index contributed by atoms with van der Waals surface area (Å²) in [6, 6.07) is 6.96. The number of hydrogen-bond donors (Lipinski definition) is 1. The highest BCUT2D eigenvalue weighted by Gasteiger charge is 2.45. The maximum Gasteiger partial charge on any atom is 0.343 e. The van der Waals surface area contributed by atoms with E-state index in [0.717, 1.165) is 16.5 Å². The summed E-state index contributed by atoms with van der Waals surface area (Å²) in [4.78, 5) is 68.8. The van der Waals surface area contributed by atoms with Crippen LogP contribution in [0.3, 0.4) is 0 Å². The second-order valence-corrected chi connectivity index (χ2v) is 11.8. The molecule has 1 aromatic carbocycles. The first-order chi connectivity index (χ1) is 21.1. The van der Waals surface area contributed by atoms with Crippen LogP contribution in [-0.2, 0) is 49.1 Å². The number of rotatable bonds is 9. The largest absolute Gasteiger partial charge is 0.458 e. The van der Waals surface area contributed by atoms with Gasteiger partial charge in [-0.2, -0.15) is 0 Å². The molecule has 3 aliphatic rings. The molecule has 5 heterocycles. The second kappa shape index (κ2) is 11.3. The molecule has 11 heteroatoms. The van der Waals surface area contributed by atoms with Gasteiger partial charge in [0.1, 0.15) is 12.4 Å². The van der Waals surface area contributed by atoms with Crippen LogP contribution in [0.15, 0.2) is 29.1 Å². The Hall–Kier alpha value is -4.38. The number of ether oxygens (including phenoxy) is 2. The zero-order chi connectivity index (χ0) is 31.3. The molecule has 11 nitrogen and oxygen atoms in total. The number of nitrogens with zero attached hydrogens (tertiary/aromatic N) is 3. The van der Waals surface area contributed by atoms with Crippen molar-refractivity contribution in [1.29, 1.82) is 0 Å². The number of aryl methyl sites for hydroxylation is 1. The van der Waals surface area contributed by atoms with Crippen molar-refractivity contribution in [2.24, 2.45) is 5.92 Å². The zero-order valence-corrected chi connectivity index (χ0v) is 25.1. The van der Waals surface area contributed by atoms with Gasteiger partial charge in [0, 0.05) is 41.8 Å². The minimum atomic E-state index is -1.89. The first-order valence-electron chi connectivity index (χ1n) is 15.2. The number of cyclic esters (lactones) is 1. The molecule has 2 atom stereocenters. The average Bonchev–Trinajstić information content (AvgIpc) is 3.49. The minimum Gasteiger partial charge on any atom is -0.458 e. The Morgan fingerprint density at radius 1 is 1.11 bits per heavy atom. The fourth-order valence-electron chi connectivity index (χ4n) is 6.59. The number of esters is 2. The van der Waals surface area contributed by atoms with Gasteiger partial charge in [0.15, 0.2) is 5.60 Å². The fourth-order valence-corrected chi connectivity index (χ4v) is 6.59. The van der Waals surface area contributed by atoms with Crippen molar-refractivity contribution in [1.82, 2.24) is 14.5 Å². The third-order valence-electron chi connectivity index (χ3n) is 9.09.